The van der Waals surface area contributed by atoms with Crippen LogP contribution in [0.3, 0.4) is 0 Å². The predicted octanol–water partition coefficient (Wildman–Crippen LogP) is 1.79. The number of carbonyl (C=O) groups excluding carboxylic acids is 2. The molecule has 0 spiro atoms. The van der Waals surface area contributed by atoms with Gasteiger partial charge >= 0.3 is 5.97 Å². The lowest BCUT2D eigenvalue weighted by Gasteiger charge is -2.09. The molecule has 0 aliphatic heterocycles. The minimum atomic E-state index is -3.89. The molecule has 1 N–H and O–H groups in total. The first kappa shape index (κ1) is 20.4. The maximum atomic E-state index is 12.1. The van der Waals surface area contributed by atoms with E-state index in [-0.39, 0.29) is 29.7 Å². The molecule has 0 aliphatic rings. The number of aromatic nitrogens is 1. The van der Waals surface area contributed by atoms with Crippen LogP contribution in [0.25, 0.3) is 0 Å². The van der Waals surface area contributed by atoms with Crippen LogP contribution >= 0.6 is 0 Å². The highest BCUT2D eigenvalue weighted by Gasteiger charge is 2.18. The van der Waals surface area contributed by atoms with Gasteiger partial charge in [-0.05, 0) is 38.1 Å². The summed E-state index contributed by atoms with van der Waals surface area (Å²) in [6.07, 6.45) is 0.813. The summed E-state index contributed by atoms with van der Waals surface area (Å²) in [6.45, 7) is 3.29. The van der Waals surface area contributed by atoms with Crippen molar-refractivity contribution in [2.45, 2.75) is 20.0 Å². The van der Waals surface area contributed by atoms with Gasteiger partial charge < -0.3 is 9.47 Å². The highest BCUT2D eigenvalue weighted by atomic mass is 32.2. The van der Waals surface area contributed by atoms with Crippen molar-refractivity contribution in [1.29, 1.82) is 0 Å². The number of pyridine rings is 1. The molecule has 0 atom stereocenters. The molecule has 2 rings (SSSR count). The van der Waals surface area contributed by atoms with Gasteiger partial charge in [-0.15, -0.1) is 0 Å². The summed E-state index contributed by atoms with van der Waals surface area (Å²) in [7, 11) is -3.89. The largest absolute Gasteiger partial charge is 0.492 e. The van der Waals surface area contributed by atoms with Crippen molar-refractivity contribution in [2.24, 2.45) is 0 Å². The third kappa shape index (κ3) is 6.70. The van der Waals surface area contributed by atoms with Gasteiger partial charge in [-0.3, -0.25) is 4.79 Å². The first-order valence-electron chi connectivity index (χ1n) is 8.16. The number of rotatable bonds is 8. The lowest BCUT2D eigenvalue weighted by molar-refractivity contribution is 0.0370. The standard InChI is InChI=1S/C18H20N2O6S/c1-13(2)26-18(22)16-9-8-14(12-19-16)17(21)20-27(23,24)11-10-25-15-6-4-3-5-7-15/h3-9,12-13H,10-11H2,1-2H3,(H,20,21). The van der Waals surface area contributed by atoms with E-state index >= 15 is 0 Å². The lowest BCUT2D eigenvalue weighted by Crippen LogP contribution is -2.34. The number of nitrogens with one attached hydrogen (secondary N) is 1. The van der Waals surface area contributed by atoms with Gasteiger partial charge in [0.05, 0.1) is 11.7 Å². The van der Waals surface area contributed by atoms with E-state index < -0.39 is 21.9 Å². The minimum Gasteiger partial charge on any atom is -0.492 e. The van der Waals surface area contributed by atoms with Gasteiger partial charge in [0.2, 0.25) is 10.0 Å². The molecule has 0 saturated carbocycles. The number of hydrogen-bond acceptors (Lipinski definition) is 7. The average molecular weight is 392 g/mol. The van der Waals surface area contributed by atoms with Crippen LogP contribution in [0.2, 0.25) is 0 Å². The maximum Gasteiger partial charge on any atom is 0.357 e. The van der Waals surface area contributed by atoms with Crippen LogP contribution in [0.4, 0.5) is 0 Å². The zero-order valence-corrected chi connectivity index (χ0v) is 15.7. The SMILES string of the molecule is CC(C)OC(=O)c1ccc(C(=O)NS(=O)(=O)CCOc2ccccc2)cn1. The molecule has 27 heavy (non-hydrogen) atoms. The Hall–Kier alpha value is -2.94. The van der Waals surface area contributed by atoms with Gasteiger partial charge in [-0.1, -0.05) is 18.2 Å². The van der Waals surface area contributed by atoms with Crippen LogP contribution < -0.4 is 9.46 Å². The zero-order chi connectivity index (χ0) is 19.9. The molecule has 8 nitrogen and oxygen atoms in total. The quantitative estimate of drug-likeness (QED) is 0.682. The van der Waals surface area contributed by atoms with E-state index in [1.165, 1.54) is 12.1 Å². The van der Waals surface area contributed by atoms with Crippen molar-refractivity contribution in [3.05, 3.63) is 59.9 Å². The van der Waals surface area contributed by atoms with Crippen LogP contribution in [-0.2, 0) is 14.8 Å². The van der Waals surface area contributed by atoms with E-state index in [0.717, 1.165) is 6.20 Å². The number of para-hydroxylation sites is 1. The lowest BCUT2D eigenvalue weighted by atomic mass is 10.2. The Morgan fingerprint density at radius 2 is 1.81 bits per heavy atom. The van der Waals surface area contributed by atoms with Crippen LogP contribution in [0, 0.1) is 0 Å². The van der Waals surface area contributed by atoms with E-state index in [9.17, 15) is 18.0 Å². The number of amides is 1. The molecule has 0 fully saturated rings. The molecule has 144 valence electrons. The number of nitrogens with zero attached hydrogens (tertiary/aromatic N) is 1. The van der Waals surface area contributed by atoms with Crippen molar-refractivity contribution in [3.8, 4) is 5.75 Å². The number of benzene rings is 1. The Labute approximate surface area is 157 Å². The third-order valence-electron chi connectivity index (χ3n) is 3.19. The fraction of sp³-hybridized carbons (Fsp3) is 0.278. The monoisotopic (exact) mass is 392 g/mol. The Bertz CT molecular complexity index is 880. The van der Waals surface area contributed by atoms with E-state index in [1.54, 1.807) is 38.1 Å². The zero-order valence-electron chi connectivity index (χ0n) is 14.9. The van der Waals surface area contributed by atoms with Gasteiger partial charge in [0, 0.05) is 6.20 Å². The summed E-state index contributed by atoms with van der Waals surface area (Å²) in [5.74, 6) is -1.32. The molecule has 0 saturated heterocycles. The van der Waals surface area contributed by atoms with Crippen LogP contribution in [0.5, 0.6) is 5.75 Å². The van der Waals surface area contributed by atoms with E-state index in [2.05, 4.69) is 4.98 Å². The molecule has 1 aromatic heterocycles. The second kappa shape index (κ2) is 9.13. The summed E-state index contributed by atoms with van der Waals surface area (Å²) in [4.78, 5) is 27.6. The van der Waals surface area contributed by atoms with Crippen molar-refractivity contribution in [2.75, 3.05) is 12.4 Å². The molecule has 0 bridgehead atoms. The third-order valence-corrected chi connectivity index (χ3v) is 4.39. The molecule has 1 heterocycles. The summed E-state index contributed by atoms with van der Waals surface area (Å²) < 4.78 is 36.2. The molecule has 0 radical (unpaired) electrons. The van der Waals surface area contributed by atoms with Gasteiger partial charge in [-0.2, -0.15) is 0 Å². The fourth-order valence-electron chi connectivity index (χ4n) is 1.96. The first-order chi connectivity index (χ1) is 12.8. The topological polar surface area (TPSA) is 112 Å². The summed E-state index contributed by atoms with van der Waals surface area (Å²) in [5.41, 5.74) is 0.0306. The van der Waals surface area contributed by atoms with Crippen molar-refractivity contribution in [1.82, 2.24) is 9.71 Å². The first-order valence-corrected chi connectivity index (χ1v) is 9.82. The summed E-state index contributed by atoms with van der Waals surface area (Å²) >= 11 is 0. The Morgan fingerprint density at radius 1 is 1.11 bits per heavy atom. The summed E-state index contributed by atoms with van der Waals surface area (Å²) in [5, 5.41) is 0. The van der Waals surface area contributed by atoms with Crippen LogP contribution in [0.15, 0.2) is 48.7 Å². The Kier molecular flexibility index (Phi) is 6.89. The molecule has 0 aliphatic carbocycles. The highest BCUT2D eigenvalue weighted by Crippen LogP contribution is 2.08. The maximum absolute atomic E-state index is 12.1. The van der Waals surface area contributed by atoms with Crippen LogP contribution in [-0.4, -0.2) is 43.7 Å². The van der Waals surface area contributed by atoms with Gasteiger partial charge in [0.15, 0.2) is 0 Å². The minimum absolute atomic E-state index is 0.00338. The fourth-order valence-corrected chi connectivity index (χ4v) is 2.77. The molecule has 0 unspecified atom stereocenters. The molecular weight excluding hydrogens is 372 g/mol. The number of esters is 1. The van der Waals surface area contributed by atoms with Gasteiger partial charge in [-0.25, -0.2) is 22.9 Å². The van der Waals surface area contributed by atoms with E-state index in [4.69, 9.17) is 9.47 Å². The van der Waals surface area contributed by atoms with Crippen molar-refractivity contribution in [3.63, 3.8) is 0 Å². The molecule has 1 aromatic carbocycles. The van der Waals surface area contributed by atoms with Crippen molar-refractivity contribution >= 4 is 21.9 Å². The normalized spacial score (nSPS) is 11.1. The predicted molar refractivity (Wildman–Crippen MR) is 98.0 cm³/mol. The number of carbonyl (C=O) groups is 2. The second-order valence-corrected chi connectivity index (χ2v) is 7.64. The van der Waals surface area contributed by atoms with Gasteiger partial charge in [0.1, 0.15) is 23.8 Å². The second-order valence-electron chi connectivity index (χ2n) is 5.80. The molecule has 9 heteroatoms. The van der Waals surface area contributed by atoms with Crippen molar-refractivity contribution < 1.29 is 27.5 Å². The number of sulfonamides is 1. The van der Waals surface area contributed by atoms with E-state index in [0.29, 0.717) is 5.75 Å². The average Bonchev–Trinajstić information content (AvgIpc) is 2.61. The molecule has 2 aromatic rings. The summed E-state index contributed by atoms with van der Waals surface area (Å²) in [6, 6.07) is 11.3. The molecule has 1 amide bonds. The number of ether oxygens (including phenoxy) is 2. The Morgan fingerprint density at radius 3 is 2.41 bits per heavy atom. The smallest absolute Gasteiger partial charge is 0.357 e. The van der Waals surface area contributed by atoms with E-state index in [1.807, 2.05) is 10.8 Å². The number of hydrogen-bond donors (Lipinski definition) is 1. The van der Waals surface area contributed by atoms with Crippen LogP contribution in [0.1, 0.15) is 34.7 Å². The Balaban J connectivity index is 1.90. The van der Waals surface area contributed by atoms with Gasteiger partial charge in [0.25, 0.3) is 5.91 Å². The molecular formula is C18H20N2O6S. The highest BCUT2D eigenvalue weighted by molar-refractivity contribution is 7.90.